The summed E-state index contributed by atoms with van der Waals surface area (Å²) in [5, 5.41) is 0.902. The van der Waals surface area contributed by atoms with E-state index in [1.807, 2.05) is 0 Å². The van der Waals surface area contributed by atoms with Gasteiger partial charge in [0.05, 0.1) is 0 Å². The van der Waals surface area contributed by atoms with E-state index in [1.165, 1.54) is 6.07 Å². The zero-order valence-corrected chi connectivity index (χ0v) is 10.3. The molecule has 3 heterocycles. The lowest BCUT2D eigenvalue weighted by Crippen LogP contribution is -2.54. The van der Waals surface area contributed by atoms with Crippen LogP contribution in [0.15, 0.2) is 12.1 Å². The summed E-state index contributed by atoms with van der Waals surface area (Å²) in [6.45, 7) is 0.925. The Morgan fingerprint density at radius 3 is 3.06 bits per heavy atom. The van der Waals surface area contributed by atoms with Gasteiger partial charge < -0.3 is 14.5 Å². The number of fused-ring (bicyclic) bond motifs is 3. The molecule has 1 saturated heterocycles. The average molecular weight is 275 g/mol. The third-order valence-electron chi connectivity index (χ3n) is 2.88. The molecule has 1 aromatic heterocycles. The highest BCUT2D eigenvalue weighted by molar-refractivity contribution is 6.74. The van der Waals surface area contributed by atoms with Crippen LogP contribution in [0.1, 0.15) is 12.8 Å². The van der Waals surface area contributed by atoms with Crippen LogP contribution in [0.2, 0.25) is 0 Å². The summed E-state index contributed by atoms with van der Waals surface area (Å²) in [6.07, 6.45) is -2.79. The largest absolute Gasteiger partial charge is 0.574 e. The van der Waals surface area contributed by atoms with Gasteiger partial charge in [-0.1, -0.05) is 6.07 Å². The Labute approximate surface area is 103 Å². The summed E-state index contributed by atoms with van der Waals surface area (Å²) < 4.78 is 45.6. The molecule has 2 aliphatic heterocycles. The molecule has 97 valence electrons. The normalized spacial score (nSPS) is 23.2. The van der Waals surface area contributed by atoms with Gasteiger partial charge in [-0.2, -0.15) is 4.98 Å². The summed E-state index contributed by atoms with van der Waals surface area (Å²) in [7, 11) is -1.04. The number of pyridine rings is 1. The monoisotopic (exact) mass is 275 g/mol. The van der Waals surface area contributed by atoms with Crippen LogP contribution in [-0.4, -0.2) is 32.6 Å². The van der Waals surface area contributed by atoms with E-state index in [9.17, 15) is 13.2 Å². The molecule has 0 saturated carbocycles. The highest BCUT2D eigenvalue weighted by Gasteiger charge is 2.40. The summed E-state index contributed by atoms with van der Waals surface area (Å²) in [5.41, 5.74) is 0.0624. The van der Waals surface area contributed by atoms with E-state index in [0.717, 1.165) is 24.6 Å². The first-order valence-corrected chi connectivity index (χ1v) is 7.15. The van der Waals surface area contributed by atoms with Crippen molar-refractivity contribution in [1.82, 2.24) is 9.97 Å². The van der Waals surface area contributed by atoms with Crippen LogP contribution in [0.5, 0.6) is 11.8 Å². The van der Waals surface area contributed by atoms with Gasteiger partial charge in [-0.25, -0.2) is 0 Å². The van der Waals surface area contributed by atoms with Crippen LogP contribution in [0.25, 0.3) is 0 Å². The number of hydrogen-bond acceptors (Lipinski definition) is 4. The van der Waals surface area contributed by atoms with Crippen molar-refractivity contribution in [2.24, 2.45) is 0 Å². The van der Waals surface area contributed by atoms with E-state index in [2.05, 4.69) is 14.7 Å². The molecular weight excluding hydrogens is 265 g/mol. The summed E-state index contributed by atoms with van der Waals surface area (Å²) in [6, 6.07) is 2.86. The molecule has 4 nitrogen and oxygen atoms in total. The van der Waals surface area contributed by atoms with E-state index in [1.54, 1.807) is 6.07 Å². The van der Waals surface area contributed by atoms with Crippen LogP contribution in [0.3, 0.4) is 0 Å². The number of rotatable bonds is 1. The SMILES string of the molecule is FC(F)(F)Oc1ccc2c(n1)O[C@H]1CCCN[Si]21. The van der Waals surface area contributed by atoms with Crippen molar-refractivity contribution >= 4 is 14.1 Å². The molecule has 1 N–H and O–H groups in total. The van der Waals surface area contributed by atoms with Gasteiger partial charge in [0, 0.05) is 11.3 Å². The summed E-state index contributed by atoms with van der Waals surface area (Å²) in [4.78, 5) is 7.16. The number of aromatic nitrogens is 1. The lowest BCUT2D eigenvalue weighted by Gasteiger charge is -2.22. The van der Waals surface area contributed by atoms with Crippen LogP contribution >= 0.6 is 0 Å². The predicted molar refractivity (Wildman–Crippen MR) is 58.0 cm³/mol. The lowest BCUT2D eigenvalue weighted by atomic mass is 10.3. The van der Waals surface area contributed by atoms with Crippen molar-refractivity contribution in [2.45, 2.75) is 24.9 Å². The maximum Gasteiger partial charge on any atom is 0.574 e. The molecular formula is C10H10F3N2O2Si. The maximum absolute atomic E-state index is 12.1. The molecule has 0 unspecified atom stereocenters. The average Bonchev–Trinajstić information content (AvgIpc) is 2.64. The first kappa shape index (κ1) is 11.8. The van der Waals surface area contributed by atoms with Gasteiger partial charge in [0.2, 0.25) is 20.7 Å². The molecule has 0 amide bonds. The van der Waals surface area contributed by atoms with E-state index in [0.29, 0.717) is 0 Å². The second kappa shape index (κ2) is 4.13. The number of halogens is 3. The number of nitrogens with zero attached hydrogens (tertiary/aromatic N) is 1. The molecule has 0 bridgehead atoms. The van der Waals surface area contributed by atoms with Gasteiger partial charge in [0.25, 0.3) is 0 Å². The molecule has 8 heteroatoms. The summed E-state index contributed by atoms with van der Waals surface area (Å²) in [5.74, 6) is -0.187. The number of nitrogens with one attached hydrogen (secondary N) is 1. The quantitative estimate of drug-likeness (QED) is 0.772. The predicted octanol–water partition coefficient (Wildman–Crippen LogP) is 0.862. The highest BCUT2D eigenvalue weighted by atomic mass is 28.3. The molecule has 0 spiro atoms. The first-order valence-electron chi connectivity index (χ1n) is 5.57. The zero-order chi connectivity index (χ0) is 12.8. The minimum absolute atomic E-state index is 0.0624. The third kappa shape index (κ3) is 2.17. The molecule has 18 heavy (non-hydrogen) atoms. The molecule has 1 atom stereocenters. The van der Waals surface area contributed by atoms with Crippen molar-refractivity contribution in [1.29, 1.82) is 0 Å². The smallest absolute Gasteiger partial charge is 0.476 e. The third-order valence-corrected chi connectivity index (χ3v) is 5.52. The van der Waals surface area contributed by atoms with E-state index in [4.69, 9.17) is 4.74 Å². The fourth-order valence-electron chi connectivity index (χ4n) is 2.18. The highest BCUT2D eigenvalue weighted by Crippen LogP contribution is 2.27. The topological polar surface area (TPSA) is 43.4 Å². The van der Waals surface area contributed by atoms with Crippen molar-refractivity contribution in [3.05, 3.63) is 12.1 Å². The zero-order valence-electron chi connectivity index (χ0n) is 9.25. The minimum atomic E-state index is -4.72. The fraction of sp³-hybridized carbons (Fsp3) is 0.500. The Bertz CT molecular complexity index is 469. The Balaban J connectivity index is 1.85. The molecule has 1 radical (unpaired) electrons. The molecule has 1 aromatic rings. The van der Waals surface area contributed by atoms with E-state index in [-0.39, 0.29) is 11.6 Å². The van der Waals surface area contributed by atoms with Crippen molar-refractivity contribution < 1.29 is 22.6 Å². The Morgan fingerprint density at radius 1 is 1.44 bits per heavy atom. The summed E-state index contributed by atoms with van der Waals surface area (Å²) >= 11 is 0. The molecule has 0 aliphatic carbocycles. The van der Waals surface area contributed by atoms with Crippen molar-refractivity contribution in [3.63, 3.8) is 0 Å². The molecule has 0 aromatic carbocycles. The van der Waals surface area contributed by atoms with Crippen molar-refractivity contribution in [3.8, 4) is 11.8 Å². The lowest BCUT2D eigenvalue weighted by molar-refractivity contribution is -0.276. The van der Waals surface area contributed by atoms with Crippen LogP contribution in [0.4, 0.5) is 13.2 Å². The minimum Gasteiger partial charge on any atom is -0.476 e. The van der Waals surface area contributed by atoms with Crippen LogP contribution in [-0.2, 0) is 0 Å². The Kier molecular flexibility index (Phi) is 2.70. The fourth-order valence-corrected chi connectivity index (χ4v) is 4.73. The second-order valence-electron chi connectivity index (χ2n) is 4.14. The maximum atomic E-state index is 12.1. The molecule has 2 aliphatic rings. The van der Waals surface area contributed by atoms with Crippen LogP contribution < -0.4 is 19.6 Å². The standard InChI is InChI=1S/C10H10F3N2O2Si/c11-10(12,13)17-7-4-3-6-9(15-7)16-8-2-1-5-14-18(6)8/h3-4,8,14H,1-2,5H2/t8-/m1/s1. The van der Waals surface area contributed by atoms with Gasteiger partial charge >= 0.3 is 6.36 Å². The number of hydrogen-bond donors (Lipinski definition) is 1. The van der Waals surface area contributed by atoms with E-state index < -0.39 is 21.2 Å². The van der Waals surface area contributed by atoms with Gasteiger partial charge in [-0.3, -0.25) is 0 Å². The van der Waals surface area contributed by atoms with Gasteiger partial charge in [0.15, 0.2) is 0 Å². The Morgan fingerprint density at radius 2 is 2.28 bits per heavy atom. The number of alkyl halides is 3. The van der Waals surface area contributed by atoms with Crippen molar-refractivity contribution in [2.75, 3.05) is 6.54 Å². The van der Waals surface area contributed by atoms with Gasteiger partial charge in [-0.15, -0.1) is 13.2 Å². The number of ether oxygens (including phenoxy) is 2. The second-order valence-corrected chi connectivity index (χ2v) is 6.50. The van der Waals surface area contributed by atoms with E-state index >= 15 is 0 Å². The molecule has 1 fully saturated rings. The van der Waals surface area contributed by atoms with Gasteiger partial charge in [0.1, 0.15) is 5.73 Å². The van der Waals surface area contributed by atoms with Gasteiger partial charge in [-0.05, 0) is 19.4 Å². The first-order chi connectivity index (χ1) is 8.53. The van der Waals surface area contributed by atoms with Crippen LogP contribution in [0, 0.1) is 0 Å². The Hall–Kier alpha value is -1.28. The molecule has 3 rings (SSSR count).